The maximum Gasteiger partial charge on any atom is 0.433 e. The quantitative estimate of drug-likeness (QED) is 0.852. The van der Waals surface area contributed by atoms with Gasteiger partial charge in [-0.3, -0.25) is 9.78 Å². The smallest absolute Gasteiger partial charge is 0.433 e. The van der Waals surface area contributed by atoms with E-state index in [1.54, 1.807) is 7.11 Å². The lowest BCUT2D eigenvalue weighted by Gasteiger charge is -2.25. The van der Waals surface area contributed by atoms with Crippen LogP contribution in [0.4, 0.5) is 13.2 Å². The Bertz CT molecular complexity index is 729. The Kier molecular flexibility index (Phi) is 6.20. The zero-order chi connectivity index (χ0) is 19.3. The van der Waals surface area contributed by atoms with Crippen molar-refractivity contribution in [1.82, 2.24) is 15.2 Å². The first-order valence-corrected chi connectivity index (χ1v) is 7.84. The van der Waals surface area contributed by atoms with Crippen LogP contribution in [0.3, 0.4) is 0 Å². The van der Waals surface area contributed by atoms with E-state index in [0.29, 0.717) is 6.54 Å². The minimum atomic E-state index is -4.53. The lowest BCUT2D eigenvalue weighted by molar-refractivity contribution is -0.141. The summed E-state index contributed by atoms with van der Waals surface area (Å²) in [6, 6.07) is 9.25. The van der Waals surface area contributed by atoms with Crippen molar-refractivity contribution in [3.8, 4) is 5.75 Å². The maximum atomic E-state index is 12.5. The summed E-state index contributed by atoms with van der Waals surface area (Å²) in [5.41, 5.74) is 0.0188. The monoisotopic (exact) mass is 367 g/mol. The third kappa shape index (κ3) is 4.95. The Morgan fingerprint density at radius 1 is 1.19 bits per heavy atom. The van der Waals surface area contributed by atoms with Crippen molar-refractivity contribution < 1.29 is 22.7 Å². The summed E-state index contributed by atoms with van der Waals surface area (Å²) in [4.78, 5) is 17.4. The molecular formula is C18H20F3N3O2. The average molecular weight is 367 g/mol. The fourth-order valence-corrected chi connectivity index (χ4v) is 2.41. The van der Waals surface area contributed by atoms with E-state index in [1.807, 2.05) is 43.3 Å². The van der Waals surface area contributed by atoms with Gasteiger partial charge in [0.15, 0.2) is 0 Å². The normalized spacial score (nSPS) is 12.7. The molecule has 1 N–H and O–H groups in total. The van der Waals surface area contributed by atoms with E-state index in [2.05, 4.69) is 10.3 Å². The van der Waals surface area contributed by atoms with Crippen molar-refractivity contribution >= 4 is 5.91 Å². The molecule has 8 heteroatoms. The van der Waals surface area contributed by atoms with E-state index < -0.39 is 17.8 Å². The largest absolute Gasteiger partial charge is 0.497 e. The lowest BCUT2D eigenvalue weighted by Crippen LogP contribution is -2.34. The van der Waals surface area contributed by atoms with Crippen LogP contribution in [0, 0.1) is 0 Å². The number of methoxy groups -OCH3 is 1. The minimum Gasteiger partial charge on any atom is -0.497 e. The van der Waals surface area contributed by atoms with Crippen molar-refractivity contribution in [2.24, 2.45) is 0 Å². The Labute approximate surface area is 149 Å². The van der Waals surface area contributed by atoms with Crippen molar-refractivity contribution in [2.45, 2.75) is 12.2 Å². The van der Waals surface area contributed by atoms with Crippen molar-refractivity contribution in [3.63, 3.8) is 0 Å². The van der Waals surface area contributed by atoms with E-state index in [4.69, 9.17) is 4.74 Å². The van der Waals surface area contributed by atoms with Crippen LogP contribution in [0.2, 0.25) is 0 Å². The van der Waals surface area contributed by atoms with Gasteiger partial charge in [-0.25, -0.2) is 0 Å². The Hall–Kier alpha value is -2.61. The highest BCUT2D eigenvalue weighted by Crippen LogP contribution is 2.27. The number of carbonyl (C=O) groups is 1. The van der Waals surface area contributed by atoms with Gasteiger partial charge in [0, 0.05) is 12.7 Å². The van der Waals surface area contributed by atoms with Gasteiger partial charge in [0.2, 0.25) is 0 Å². The van der Waals surface area contributed by atoms with E-state index in [-0.39, 0.29) is 11.6 Å². The van der Waals surface area contributed by atoms with Crippen LogP contribution in [-0.2, 0) is 6.18 Å². The molecular weight excluding hydrogens is 347 g/mol. The number of likely N-dealkylation sites (N-methyl/N-ethyl adjacent to an activating group) is 1. The number of amides is 1. The van der Waals surface area contributed by atoms with Gasteiger partial charge in [0.05, 0.1) is 18.7 Å². The molecule has 0 bridgehead atoms. The van der Waals surface area contributed by atoms with Gasteiger partial charge < -0.3 is 15.0 Å². The standard InChI is InChI=1S/C18H20F3N3O2/c1-24(2)15(12-4-7-14(26-3)8-5-12)11-23-17(25)13-6-9-16(22-10-13)18(19,20)21/h4-10,15H,11H2,1-3H3,(H,23,25). The predicted molar refractivity (Wildman–Crippen MR) is 91.0 cm³/mol. The maximum absolute atomic E-state index is 12.5. The number of benzene rings is 1. The second-order valence-electron chi connectivity index (χ2n) is 5.89. The summed E-state index contributed by atoms with van der Waals surface area (Å²) in [7, 11) is 5.33. The molecule has 5 nitrogen and oxygen atoms in total. The fourth-order valence-electron chi connectivity index (χ4n) is 2.41. The SMILES string of the molecule is COc1ccc(C(CNC(=O)c2ccc(C(F)(F)F)nc2)N(C)C)cc1. The second-order valence-corrected chi connectivity index (χ2v) is 5.89. The Morgan fingerprint density at radius 3 is 2.31 bits per heavy atom. The first-order valence-electron chi connectivity index (χ1n) is 7.84. The number of hydrogen-bond acceptors (Lipinski definition) is 4. The summed E-state index contributed by atoms with van der Waals surface area (Å²) >= 11 is 0. The van der Waals surface area contributed by atoms with E-state index in [0.717, 1.165) is 29.6 Å². The highest BCUT2D eigenvalue weighted by molar-refractivity contribution is 5.93. The number of rotatable bonds is 6. The van der Waals surface area contributed by atoms with Gasteiger partial charge in [-0.2, -0.15) is 13.2 Å². The molecule has 1 aromatic carbocycles. The van der Waals surface area contributed by atoms with Gasteiger partial charge in [0.1, 0.15) is 11.4 Å². The third-order valence-electron chi connectivity index (χ3n) is 3.90. The number of alkyl halides is 3. The number of hydrogen-bond donors (Lipinski definition) is 1. The van der Waals surface area contributed by atoms with Gasteiger partial charge >= 0.3 is 6.18 Å². The van der Waals surface area contributed by atoms with Gasteiger partial charge in [-0.1, -0.05) is 12.1 Å². The zero-order valence-electron chi connectivity index (χ0n) is 14.7. The van der Waals surface area contributed by atoms with E-state index in [1.165, 1.54) is 0 Å². The Balaban J connectivity index is 2.05. The molecule has 0 aliphatic rings. The number of pyridine rings is 1. The fraction of sp³-hybridized carbons (Fsp3) is 0.333. The molecule has 1 unspecified atom stereocenters. The number of nitrogens with one attached hydrogen (secondary N) is 1. The third-order valence-corrected chi connectivity index (χ3v) is 3.90. The van der Waals surface area contributed by atoms with Gasteiger partial charge in [-0.05, 0) is 43.9 Å². The van der Waals surface area contributed by atoms with Crippen LogP contribution < -0.4 is 10.1 Å². The van der Waals surface area contributed by atoms with Crippen LogP contribution in [0.25, 0.3) is 0 Å². The molecule has 0 radical (unpaired) electrons. The summed E-state index contributed by atoms with van der Waals surface area (Å²) in [5, 5.41) is 2.73. The minimum absolute atomic E-state index is 0.0743. The molecule has 0 fully saturated rings. The first kappa shape index (κ1) is 19.7. The van der Waals surface area contributed by atoms with E-state index in [9.17, 15) is 18.0 Å². The molecule has 0 saturated carbocycles. The molecule has 0 aliphatic carbocycles. The van der Waals surface area contributed by atoms with E-state index >= 15 is 0 Å². The number of ether oxygens (including phenoxy) is 1. The highest BCUT2D eigenvalue weighted by Gasteiger charge is 2.32. The average Bonchev–Trinajstić information content (AvgIpc) is 2.61. The van der Waals surface area contributed by atoms with Gasteiger partial charge in [0.25, 0.3) is 5.91 Å². The number of nitrogens with zero attached hydrogens (tertiary/aromatic N) is 2. The molecule has 0 saturated heterocycles. The lowest BCUT2D eigenvalue weighted by atomic mass is 10.1. The molecule has 1 heterocycles. The predicted octanol–water partition coefficient (Wildman–Crippen LogP) is 3.14. The van der Waals surface area contributed by atoms with Crippen molar-refractivity contribution in [1.29, 1.82) is 0 Å². The molecule has 26 heavy (non-hydrogen) atoms. The molecule has 2 aromatic rings. The Morgan fingerprint density at radius 2 is 1.85 bits per heavy atom. The highest BCUT2D eigenvalue weighted by atomic mass is 19.4. The topological polar surface area (TPSA) is 54.5 Å². The van der Waals surface area contributed by atoms with Crippen LogP contribution in [0.1, 0.15) is 27.7 Å². The molecule has 0 aliphatic heterocycles. The zero-order valence-corrected chi connectivity index (χ0v) is 14.7. The summed E-state index contributed by atoms with van der Waals surface area (Å²) in [5.74, 6) is 0.248. The molecule has 140 valence electrons. The summed E-state index contributed by atoms with van der Waals surface area (Å²) in [6.07, 6.45) is -3.60. The second kappa shape index (κ2) is 8.18. The molecule has 2 rings (SSSR count). The van der Waals surface area contributed by atoms with Crippen molar-refractivity contribution in [3.05, 3.63) is 59.4 Å². The number of carbonyl (C=O) groups excluding carboxylic acids is 1. The molecule has 1 aromatic heterocycles. The molecule has 0 spiro atoms. The van der Waals surface area contributed by atoms with Crippen molar-refractivity contribution in [2.75, 3.05) is 27.7 Å². The van der Waals surface area contributed by atoms with Gasteiger partial charge in [-0.15, -0.1) is 0 Å². The summed E-state index contributed by atoms with van der Waals surface area (Å²) in [6.45, 7) is 0.291. The van der Waals surface area contributed by atoms with Crippen LogP contribution in [0.5, 0.6) is 5.75 Å². The summed E-state index contributed by atoms with van der Waals surface area (Å²) < 4.78 is 42.7. The molecule has 1 amide bonds. The van der Waals surface area contributed by atoms with Crippen LogP contribution in [-0.4, -0.2) is 43.5 Å². The first-order chi connectivity index (χ1) is 12.2. The van der Waals surface area contributed by atoms with Crippen LogP contribution >= 0.6 is 0 Å². The molecule has 1 atom stereocenters. The number of aromatic nitrogens is 1. The van der Waals surface area contributed by atoms with Crippen LogP contribution in [0.15, 0.2) is 42.6 Å². The number of halogens is 3.